The molecule has 0 aromatic carbocycles. The second-order valence-electron chi connectivity index (χ2n) is 3.90. The van der Waals surface area contributed by atoms with Gasteiger partial charge in [0.25, 0.3) is 0 Å². The molecule has 0 saturated carbocycles. The molecule has 1 aliphatic rings. The van der Waals surface area contributed by atoms with E-state index in [1.807, 2.05) is 0 Å². The van der Waals surface area contributed by atoms with Crippen LogP contribution in [0.2, 0.25) is 0 Å². The van der Waals surface area contributed by atoms with Gasteiger partial charge in [-0.25, -0.2) is 0 Å². The molecule has 0 spiro atoms. The maximum absolute atomic E-state index is 3.59. The highest BCUT2D eigenvalue weighted by molar-refractivity contribution is 4.81. The van der Waals surface area contributed by atoms with Gasteiger partial charge in [-0.1, -0.05) is 20.8 Å². The van der Waals surface area contributed by atoms with Crippen molar-refractivity contribution in [3.8, 4) is 0 Å². The highest BCUT2D eigenvalue weighted by Crippen LogP contribution is 2.10. The predicted molar refractivity (Wildman–Crippen MR) is 48.7 cm³/mol. The second-order valence-corrected chi connectivity index (χ2v) is 3.90. The molecular weight excluding hydrogens is 136 g/mol. The van der Waals surface area contributed by atoms with Gasteiger partial charge in [-0.15, -0.1) is 0 Å². The number of piperidine rings is 1. The van der Waals surface area contributed by atoms with Crippen molar-refractivity contribution in [2.45, 2.75) is 39.3 Å². The van der Waals surface area contributed by atoms with Crippen molar-refractivity contribution < 1.29 is 0 Å². The summed E-state index contributed by atoms with van der Waals surface area (Å²) in [4.78, 5) is 0. The Morgan fingerprint density at radius 1 is 1.45 bits per heavy atom. The van der Waals surface area contributed by atoms with Crippen LogP contribution in [0.4, 0.5) is 0 Å². The van der Waals surface area contributed by atoms with Crippen LogP contribution in [0.3, 0.4) is 0 Å². The summed E-state index contributed by atoms with van der Waals surface area (Å²) in [6.07, 6.45) is 1.28. The fourth-order valence-corrected chi connectivity index (χ4v) is 1.69. The zero-order valence-electron chi connectivity index (χ0n) is 7.85. The SMILES string of the molecule is CC(C)N[C@@H]1CCNC[C@@H]1C. The molecule has 1 aliphatic heterocycles. The molecule has 0 bridgehead atoms. The van der Waals surface area contributed by atoms with Gasteiger partial charge in [-0.05, 0) is 25.4 Å². The van der Waals surface area contributed by atoms with Crippen LogP contribution < -0.4 is 10.6 Å². The molecule has 2 heteroatoms. The molecule has 0 aliphatic carbocycles. The third kappa shape index (κ3) is 2.80. The third-order valence-electron chi connectivity index (χ3n) is 2.33. The Hall–Kier alpha value is -0.0800. The van der Waals surface area contributed by atoms with Crippen LogP contribution in [-0.2, 0) is 0 Å². The Bertz CT molecular complexity index is 112. The maximum Gasteiger partial charge on any atom is 0.0119 e. The zero-order valence-corrected chi connectivity index (χ0v) is 7.85. The fourth-order valence-electron chi connectivity index (χ4n) is 1.69. The number of hydrogen-bond donors (Lipinski definition) is 2. The molecule has 2 N–H and O–H groups in total. The fraction of sp³-hybridized carbons (Fsp3) is 1.00. The van der Waals surface area contributed by atoms with Crippen molar-refractivity contribution in [2.24, 2.45) is 5.92 Å². The average molecular weight is 156 g/mol. The van der Waals surface area contributed by atoms with E-state index in [2.05, 4.69) is 31.4 Å². The van der Waals surface area contributed by atoms with Gasteiger partial charge in [0.1, 0.15) is 0 Å². The predicted octanol–water partition coefficient (Wildman–Crippen LogP) is 0.982. The van der Waals surface area contributed by atoms with Crippen LogP contribution in [0.1, 0.15) is 27.2 Å². The van der Waals surface area contributed by atoms with Gasteiger partial charge in [0, 0.05) is 12.1 Å². The smallest absolute Gasteiger partial charge is 0.0119 e. The molecule has 0 amide bonds. The molecule has 1 saturated heterocycles. The minimum Gasteiger partial charge on any atom is -0.316 e. The maximum atomic E-state index is 3.59. The largest absolute Gasteiger partial charge is 0.316 e. The van der Waals surface area contributed by atoms with Crippen LogP contribution in [-0.4, -0.2) is 25.2 Å². The molecule has 1 fully saturated rings. The van der Waals surface area contributed by atoms with Crippen molar-refractivity contribution in [1.29, 1.82) is 0 Å². The first-order valence-electron chi connectivity index (χ1n) is 4.67. The zero-order chi connectivity index (χ0) is 8.27. The minimum atomic E-state index is 0.626. The first kappa shape index (κ1) is 9.01. The highest BCUT2D eigenvalue weighted by Gasteiger charge is 2.20. The summed E-state index contributed by atoms with van der Waals surface area (Å²) in [5, 5.41) is 6.99. The lowest BCUT2D eigenvalue weighted by molar-refractivity contribution is 0.282. The van der Waals surface area contributed by atoms with E-state index in [0.717, 1.165) is 12.0 Å². The lowest BCUT2D eigenvalue weighted by atomic mass is 9.95. The van der Waals surface area contributed by atoms with Crippen molar-refractivity contribution in [3.05, 3.63) is 0 Å². The van der Waals surface area contributed by atoms with E-state index < -0.39 is 0 Å². The Morgan fingerprint density at radius 3 is 2.73 bits per heavy atom. The molecule has 11 heavy (non-hydrogen) atoms. The van der Waals surface area contributed by atoms with Crippen molar-refractivity contribution >= 4 is 0 Å². The Labute approximate surface area is 69.8 Å². The molecule has 0 aromatic heterocycles. The van der Waals surface area contributed by atoms with Gasteiger partial charge in [0.05, 0.1) is 0 Å². The number of hydrogen-bond acceptors (Lipinski definition) is 2. The van der Waals surface area contributed by atoms with Crippen molar-refractivity contribution in [1.82, 2.24) is 10.6 Å². The van der Waals surface area contributed by atoms with Gasteiger partial charge >= 0.3 is 0 Å². The lowest BCUT2D eigenvalue weighted by Gasteiger charge is -2.31. The molecule has 1 rings (SSSR count). The van der Waals surface area contributed by atoms with Crippen LogP contribution in [0.15, 0.2) is 0 Å². The van der Waals surface area contributed by atoms with Crippen molar-refractivity contribution in [3.63, 3.8) is 0 Å². The second kappa shape index (κ2) is 4.07. The third-order valence-corrected chi connectivity index (χ3v) is 2.33. The number of nitrogens with one attached hydrogen (secondary N) is 2. The van der Waals surface area contributed by atoms with Crippen LogP contribution in [0.25, 0.3) is 0 Å². The quantitative estimate of drug-likeness (QED) is 0.623. The lowest BCUT2D eigenvalue weighted by Crippen LogP contribution is -2.48. The number of rotatable bonds is 2. The topological polar surface area (TPSA) is 24.1 Å². The van der Waals surface area contributed by atoms with Gasteiger partial charge in [-0.3, -0.25) is 0 Å². The van der Waals surface area contributed by atoms with Gasteiger partial charge in [-0.2, -0.15) is 0 Å². The van der Waals surface area contributed by atoms with Crippen LogP contribution in [0.5, 0.6) is 0 Å². The molecule has 0 radical (unpaired) electrons. The molecule has 2 atom stereocenters. The standard InChI is InChI=1S/C9H20N2/c1-7(2)11-9-4-5-10-6-8(9)3/h7-11H,4-6H2,1-3H3/t8-,9+/m0/s1. The summed E-state index contributed by atoms with van der Waals surface area (Å²) >= 11 is 0. The first-order valence-corrected chi connectivity index (χ1v) is 4.67. The summed E-state index contributed by atoms with van der Waals surface area (Å²) in [6, 6.07) is 1.36. The van der Waals surface area contributed by atoms with E-state index in [1.54, 1.807) is 0 Å². The Balaban J connectivity index is 2.29. The monoisotopic (exact) mass is 156 g/mol. The Morgan fingerprint density at radius 2 is 2.18 bits per heavy atom. The van der Waals surface area contributed by atoms with E-state index in [-0.39, 0.29) is 0 Å². The molecule has 66 valence electrons. The minimum absolute atomic E-state index is 0.626. The van der Waals surface area contributed by atoms with Crippen LogP contribution >= 0.6 is 0 Å². The van der Waals surface area contributed by atoms with E-state index >= 15 is 0 Å². The summed E-state index contributed by atoms with van der Waals surface area (Å²) in [6.45, 7) is 9.09. The molecule has 0 aromatic rings. The first-order chi connectivity index (χ1) is 5.20. The normalized spacial score (nSPS) is 32.7. The molecule has 0 unspecified atom stereocenters. The summed E-state index contributed by atoms with van der Waals surface area (Å²) in [5.41, 5.74) is 0. The molecular formula is C9H20N2. The molecule has 1 heterocycles. The summed E-state index contributed by atoms with van der Waals surface area (Å²) < 4.78 is 0. The van der Waals surface area contributed by atoms with E-state index in [0.29, 0.717) is 6.04 Å². The summed E-state index contributed by atoms with van der Waals surface area (Å²) in [7, 11) is 0. The van der Waals surface area contributed by atoms with Crippen molar-refractivity contribution in [2.75, 3.05) is 13.1 Å². The molecule has 2 nitrogen and oxygen atoms in total. The average Bonchev–Trinajstić information content (AvgIpc) is 1.93. The summed E-state index contributed by atoms with van der Waals surface area (Å²) in [5.74, 6) is 0.783. The Kier molecular flexibility index (Phi) is 3.34. The van der Waals surface area contributed by atoms with E-state index in [4.69, 9.17) is 0 Å². The van der Waals surface area contributed by atoms with E-state index in [9.17, 15) is 0 Å². The van der Waals surface area contributed by atoms with Gasteiger partial charge < -0.3 is 10.6 Å². The van der Waals surface area contributed by atoms with Gasteiger partial charge in [0.15, 0.2) is 0 Å². The van der Waals surface area contributed by atoms with E-state index in [1.165, 1.54) is 19.5 Å². The highest BCUT2D eigenvalue weighted by atomic mass is 15.0. The van der Waals surface area contributed by atoms with Crippen LogP contribution in [0, 0.1) is 5.92 Å². The van der Waals surface area contributed by atoms with Gasteiger partial charge in [0.2, 0.25) is 0 Å².